The number of fused-ring (bicyclic) bond motifs is 1. The van der Waals surface area contributed by atoms with E-state index in [0.29, 0.717) is 17.2 Å². The molecule has 0 amide bonds. The topological polar surface area (TPSA) is 46.8 Å². The molecule has 3 rings (SSSR count). The van der Waals surface area contributed by atoms with Crippen LogP contribution in [0.2, 0.25) is 0 Å². The Morgan fingerprint density at radius 2 is 2.15 bits per heavy atom. The number of hydrogen-bond acceptors (Lipinski definition) is 3. The van der Waals surface area contributed by atoms with E-state index in [4.69, 9.17) is 16.6 Å². The molecule has 0 aliphatic rings. The van der Waals surface area contributed by atoms with Crippen LogP contribution in [0, 0.1) is 23.3 Å². The molecule has 0 radical (unpaired) electrons. The molecule has 1 N–H and O–H groups in total. The van der Waals surface area contributed by atoms with E-state index in [1.165, 1.54) is 10.6 Å². The first-order chi connectivity index (χ1) is 9.49. The number of nitrogens with one attached hydrogen (secondary N) is 1. The molecule has 3 aromatic rings. The fourth-order valence-electron chi connectivity index (χ4n) is 2.20. The Morgan fingerprint density at radius 1 is 1.40 bits per heavy atom. The zero-order valence-electron chi connectivity index (χ0n) is 10.8. The summed E-state index contributed by atoms with van der Waals surface area (Å²) >= 11 is 5.19. The third-order valence-corrected chi connectivity index (χ3v) is 3.45. The third-order valence-electron chi connectivity index (χ3n) is 3.15. The summed E-state index contributed by atoms with van der Waals surface area (Å²) in [7, 11) is 0. The summed E-state index contributed by atoms with van der Waals surface area (Å²) in [6, 6.07) is 2.07. The van der Waals surface area contributed by atoms with Gasteiger partial charge in [-0.05, 0) is 38.2 Å². The molecule has 4 nitrogen and oxygen atoms in total. The lowest BCUT2D eigenvalue weighted by molar-refractivity contribution is 0.414. The van der Waals surface area contributed by atoms with Gasteiger partial charge in [-0.25, -0.2) is 13.8 Å². The summed E-state index contributed by atoms with van der Waals surface area (Å²) in [5.41, 5.74) is 0.516. The fourth-order valence-corrected chi connectivity index (χ4v) is 2.56. The van der Waals surface area contributed by atoms with Gasteiger partial charge in [0.1, 0.15) is 17.3 Å². The Balaban J connectivity index is 2.28. The van der Waals surface area contributed by atoms with Crippen molar-refractivity contribution in [3.05, 3.63) is 46.4 Å². The van der Waals surface area contributed by atoms with Crippen molar-refractivity contribution in [1.82, 2.24) is 14.5 Å². The third kappa shape index (κ3) is 1.85. The Hall–Kier alpha value is -2.02. The molecule has 0 saturated carbocycles. The van der Waals surface area contributed by atoms with Crippen LogP contribution in [0.5, 0.6) is 0 Å². The molecule has 0 aliphatic carbocycles. The lowest BCUT2D eigenvalue weighted by Crippen LogP contribution is -2.08. The molecule has 20 heavy (non-hydrogen) atoms. The second kappa shape index (κ2) is 4.52. The van der Waals surface area contributed by atoms with Crippen molar-refractivity contribution >= 4 is 23.3 Å². The van der Waals surface area contributed by atoms with Gasteiger partial charge >= 0.3 is 0 Å². The maximum Gasteiger partial charge on any atom is 0.217 e. The predicted octanol–water partition coefficient (Wildman–Crippen LogP) is 3.88. The molecule has 0 bridgehead atoms. The van der Waals surface area contributed by atoms with Gasteiger partial charge in [0, 0.05) is 0 Å². The molecular weight excluding hydrogens is 284 g/mol. The number of halogens is 2. The Labute approximate surface area is 118 Å². The summed E-state index contributed by atoms with van der Waals surface area (Å²) in [6.07, 6.45) is 1.57. The van der Waals surface area contributed by atoms with Crippen molar-refractivity contribution in [2.45, 2.75) is 19.9 Å². The van der Waals surface area contributed by atoms with Crippen molar-refractivity contribution in [2.24, 2.45) is 0 Å². The minimum Gasteiger partial charge on any atom is -0.444 e. The number of rotatable bonds is 2. The number of nitrogens with zero attached hydrogens (tertiary/aromatic N) is 2. The number of oxazole rings is 1. The molecule has 1 unspecified atom stereocenters. The van der Waals surface area contributed by atoms with E-state index in [9.17, 15) is 8.78 Å². The number of imidazole rings is 1. The smallest absolute Gasteiger partial charge is 0.217 e. The average Bonchev–Trinajstić information content (AvgIpc) is 2.97. The van der Waals surface area contributed by atoms with Crippen LogP contribution in [0.15, 0.2) is 22.7 Å². The van der Waals surface area contributed by atoms with E-state index in [1.807, 2.05) is 0 Å². The molecule has 0 saturated heterocycles. The largest absolute Gasteiger partial charge is 0.444 e. The number of hydrogen-bond donors (Lipinski definition) is 1. The van der Waals surface area contributed by atoms with Crippen LogP contribution in [0.25, 0.3) is 11.0 Å². The van der Waals surface area contributed by atoms with E-state index in [1.54, 1.807) is 20.0 Å². The average molecular weight is 295 g/mol. The second-order valence-electron chi connectivity index (χ2n) is 4.54. The summed E-state index contributed by atoms with van der Waals surface area (Å²) in [5, 5.41) is 0. The van der Waals surface area contributed by atoms with Gasteiger partial charge in [-0.1, -0.05) is 0 Å². The summed E-state index contributed by atoms with van der Waals surface area (Å²) in [6.45, 7) is 3.52. The van der Waals surface area contributed by atoms with E-state index in [2.05, 4.69) is 9.97 Å². The zero-order chi connectivity index (χ0) is 14.4. The number of benzene rings is 1. The van der Waals surface area contributed by atoms with E-state index in [-0.39, 0.29) is 10.3 Å². The first-order valence-corrected chi connectivity index (χ1v) is 6.40. The van der Waals surface area contributed by atoms with Crippen LogP contribution < -0.4 is 0 Å². The van der Waals surface area contributed by atoms with Gasteiger partial charge in [-0.15, -0.1) is 0 Å². The van der Waals surface area contributed by atoms with Gasteiger partial charge in [0.15, 0.2) is 16.4 Å². The maximum absolute atomic E-state index is 14.0. The van der Waals surface area contributed by atoms with Crippen LogP contribution in [-0.4, -0.2) is 14.5 Å². The van der Waals surface area contributed by atoms with Crippen LogP contribution in [-0.2, 0) is 0 Å². The van der Waals surface area contributed by atoms with Crippen molar-refractivity contribution < 1.29 is 13.2 Å². The van der Waals surface area contributed by atoms with Crippen molar-refractivity contribution in [3.63, 3.8) is 0 Å². The lowest BCUT2D eigenvalue weighted by atomic mass is 10.2. The zero-order valence-corrected chi connectivity index (χ0v) is 11.6. The maximum atomic E-state index is 14.0. The van der Waals surface area contributed by atoms with Gasteiger partial charge in [0.2, 0.25) is 5.89 Å². The molecule has 0 spiro atoms. The Kier molecular flexibility index (Phi) is 2.93. The highest BCUT2D eigenvalue weighted by Crippen LogP contribution is 2.27. The van der Waals surface area contributed by atoms with Gasteiger partial charge < -0.3 is 14.0 Å². The Bertz CT molecular complexity index is 849. The normalized spacial score (nSPS) is 13.0. The molecule has 2 aromatic heterocycles. The quantitative estimate of drug-likeness (QED) is 0.730. The number of aryl methyl sites for hydroxylation is 1. The lowest BCUT2D eigenvalue weighted by Gasteiger charge is -2.11. The summed E-state index contributed by atoms with van der Waals surface area (Å²) < 4.78 is 34.7. The van der Waals surface area contributed by atoms with Crippen molar-refractivity contribution in [1.29, 1.82) is 0 Å². The van der Waals surface area contributed by atoms with Gasteiger partial charge in [0.25, 0.3) is 0 Å². The van der Waals surface area contributed by atoms with Crippen LogP contribution >= 0.6 is 12.2 Å². The number of H-pyrrole nitrogens is 1. The van der Waals surface area contributed by atoms with Crippen LogP contribution in [0.3, 0.4) is 0 Å². The summed E-state index contributed by atoms with van der Waals surface area (Å²) in [5.74, 6) is -0.825. The highest BCUT2D eigenvalue weighted by atomic mass is 32.1. The predicted molar refractivity (Wildman–Crippen MR) is 72.1 cm³/mol. The first kappa shape index (κ1) is 13.0. The molecule has 7 heteroatoms. The van der Waals surface area contributed by atoms with Gasteiger partial charge in [-0.3, -0.25) is 0 Å². The minimum atomic E-state index is -0.940. The summed E-state index contributed by atoms with van der Waals surface area (Å²) in [4.78, 5) is 6.96. The van der Waals surface area contributed by atoms with Crippen LogP contribution in [0.4, 0.5) is 8.78 Å². The molecule has 1 atom stereocenters. The minimum absolute atomic E-state index is 0.0818. The number of aromatic amines is 1. The number of aromatic nitrogens is 3. The van der Waals surface area contributed by atoms with Crippen molar-refractivity contribution in [2.75, 3.05) is 0 Å². The van der Waals surface area contributed by atoms with Crippen LogP contribution in [0.1, 0.15) is 24.6 Å². The molecule has 104 valence electrons. The Morgan fingerprint density at radius 3 is 2.80 bits per heavy atom. The second-order valence-corrected chi connectivity index (χ2v) is 4.93. The van der Waals surface area contributed by atoms with E-state index in [0.717, 1.165) is 6.07 Å². The molecular formula is C13H11F2N3OS. The first-order valence-electron chi connectivity index (χ1n) is 5.99. The highest BCUT2D eigenvalue weighted by molar-refractivity contribution is 7.71. The molecule has 2 heterocycles. The fraction of sp³-hybridized carbons (Fsp3) is 0.231. The molecule has 0 aliphatic heterocycles. The SMILES string of the molecule is Cc1cnc(C(C)n2c(=S)[nH]c3ccc(F)c(F)c32)o1. The highest BCUT2D eigenvalue weighted by Gasteiger charge is 2.21. The van der Waals surface area contributed by atoms with E-state index < -0.39 is 17.7 Å². The van der Waals surface area contributed by atoms with E-state index >= 15 is 0 Å². The molecule has 0 fully saturated rings. The standard InChI is InChI=1S/C13H11F2N3OS/c1-6-5-16-12(19-6)7(2)18-11-9(17-13(18)20)4-3-8(14)10(11)15/h3-5,7H,1-2H3,(H,17,20). The monoisotopic (exact) mass is 295 g/mol. The van der Waals surface area contributed by atoms with Gasteiger partial charge in [0.05, 0.1) is 11.7 Å². The van der Waals surface area contributed by atoms with Gasteiger partial charge in [-0.2, -0.15) is 0 Å². The van der Waals surface area contributed by atoms with Crippen molar-refractivity contribution in [3.8, 4) is 0 Å². The molecule has 1 aromatic carbocycles.